The van der Waals surface area contributed by atoms with E-state index in [1.807, 2.05) is 26.0 Å². The fourth-order valence-corrected chi connectivity index (χ4v) is 10.3. The van der Waals surface area contributed by atoms with Gasteiger partial charge in [-0.2, -0.15) is 5.26 Å². The summed E-state index contributed by atoms with van der Waals surface area (Å²) in [7, 11) is 0. The predicted octanol–water partition coefficient (Wildman–Crippen LogP) is 8.70. The quantitative estimate of drug-likeness (QED) is 0.201. The molecule has 5 atom stereocenters. The number of ether oxygens (including phenoxy) is 1. The number of hydrogen-bond donors (Lipinski definition) is 1. The number of allylic oxidation sites excluding steroid dienone is 4. The van der Waals surface area contributed by atoms with Crippen molar-refractivity contribution in [2.45, 2.75) is 146 Å². The van der Waals surface area contributed by atoms with Gasteiger partial charge in [0, 0.05) is 17.3 Å². The fourth-order valence-electron chi connectivity index (χ4n) is 10.3. The Morgan fingerprint density at radius 3 is 2.28 bits per heavy atom. The van der Waals surface area contributed by atoms with E-state index in [-0.39, 0.29) is 51.4 Å². The van der Waals surface area contributed by atoms with Gasteiger partial charge >= 0.3 is 5.97 Å². The molecular weight excluding hydrogens is 572 g/mol. The molecule has 3 aliphatic carbocycles. The van der Waals surface area contributed by atoms with Crippen LogP contribution in [0.2, 0.25) is 0 Å². The zero-order chi connectivity index (χ0) is 34.3. The van der Waals surface area contributed by atoms with Crippen molar-refractivity contribution in [3.8, 4) is 6.07 Å². The first-order chi connectivity index (χ1) is 21.2. The zero-order valence-corrected chi connectivity index (χ0v) is 30.7. The minimum absolute atomic E-state index is 0.00683. The second-order valence-electron chi connectivity index (χ2n) is 18.1. The van der Waals surface area contributed by atoms with E-state index in [2.05, 4.69) is 59.9 Å². The van der Waals surface area contributed by atoms with Gasteiger partial charge in [0.2, 0.25) is 0 Å². The normalized spacial score (nSPS) is 35.5. The van der Waals surface area contributed by atoms with Crippen molar-refractivity contribution in [2.75, 3.05) is 13.1 Å². The Morgan fingerprint density at radius 2 is 1.70 bits per heavy atom. The molecule has 0 amide bonds. The highest BCUT2D eigenvalue weighted by atomic mass is 16.5. The molecule has 1 saturated heterocycles. The standard InChI is InChI=1S/C40H62N2O4/c1-27-24-35(3,4)17-19-40(27,16-12-33(44)46-30-13-21-42-22-14-30)20-18-36(5,6)39(10)15-11-31-37(7,8)34(45)29(26-41)25-38(31,9)32(39)23-28(2)43/h23,25,27,30-31,42H,11-22,24H2,1-10H3/b32-23-/t27?,31-,38-,39+,40+/m0/s1. The molecule has 0 spiro atoms. The number of hydrogen-bond acceptors (Lipinski definition) is 6. The van der Waals surface area contributed by atoms with Crippen molar-refractivity contribution in [2.24, 2.45) is 44.3 Å². The number of ketones is 2. The monoisotopic (exact) mass is 634 g/mol. The summed E-state index contributed by atoms with van der Waals surface area (Å²) in [6.07, 6.45) is 14.0. The number of nitrogens with one attached hydrogen (secondary N) is 1. The number of carbonyl (C=O) groups excluding carboxylic acids is 3. The molecule has 6 nitrogen and oxygen atoms in total. The third-order valence-corrected chi connectivity index (χ3v) is 13.8. The minimum atomic E-state index is -0.687. The highest BCUT2D eigenvalue weighted by Crippen LogP contribution is 2.67. The molecule has 0 radical (unpaired) electrons. The molecular formula is C40H62N2O4. The van der Waals surface area contributed by atoms with Gasteiger partial charge in [-0.05, 0) is 124 Å². The summed E-state index contributed by atoms with van der Waals surface area (Å²) in [4.78, 5) is 39.4. The Balaban J connectivity index is 1.64. The van der Waals surface area contributed by atoms with Gasteiger partial charge in [-0.3, -0.25) is 14.4 Å². The zero-order valence-electron chi connectivity index (χ0n) is 30.7. The van der Waals surface area contributed by atoms with Crippen LogP contribution in [0, 0.1) is 55.7 Å². The third kappa shape index (κ3) is 6.83. The number of nitriles is 1. The summed E-state index contributed by atoms with van der Waals surface area (Å²) in [5.74, 6) is 0.363. The Morgan fingerprint density at radius 1 is 1.04 bits per heavy atom. The van der Waals surface area contributed by atoms with E-state index in [1.165, 1.54) is 0 Å². The van der Waals surface area contributed by atoms with E-state index in [1.54, 1.807) is 6.92 Å². The van der Waals surface area contributed by atoms with Crippen LogP contribution >= 0.6 is 0 Å². The summed E-state index contributed by atoms with van der Waals surface area (Å²) in [6, 6.07) is 2.20. The van der Waals surface area contributed by atoms with E-state index in [0.29, 0.717) is 17.8 Å². The molecule has 0 aromatic rings. The van der Waals surface area contributed by atoms with Crippen molar-refractivity contribution in [3.05, 3.63) is 23.3 Å². The molecule has 256 valence electrons. The minimum Gasteiger partial charge on any atom is -0.462 e. The molecule has 0 aromatic heterocycles. The number of carbonyl (C=O) groups is 3. The summed E-state index contributed by atoms with van der Waals surface area (Å²) in [5, 5.41) is 13.3. The van der Waals surface area contributed by atoms with Crippen LogP contribution < -0.4 is 5.32 Å². The fraction of sp³-hybridized carbons (Fsp3) is 0.800. The van der Waals surface area contributed by atoms with Gasteiger partial charge in [-0.15, -0.1) is 0 Å². The third-order valence-electron chi connectivity index (χ3n) is 13.8. The van der Waals surface area contributed by atoms with Crippen LogP contribution in [0.25, 0.3) is 0 Å². The van der Waals surface area contributed by atoms with Crippen LogP contribution in [-0.2, 0) is 19.1 Å². The number of Topliss-reactive ketones (excluding diaryl/α,β-unsaturated/α-hetero) is 1. The Kier molecular flexibility index (Phi) is 10.3. The molecule has 0 bridgehead atoms. The number of esters is 1. The second kappa shape index (κ2) is 13.0. The highest BCUT2D eigenvalue weighted by molar-refractivity contribution is 6.04. The van der Waals surface area contributed by atoms with E-state index in [0.717, 1.165) is 82.9 Å². The van der Waals surface area contributed by atoms with Gasteiger partial charge in [0.25, 0.3) is 0 Å². The lowest BCUT2D eigenvalue weighted by Gasteiger charge is -2.61. The maximum Gasteiger partial charge on any atom is 0.306 e. The van der Waals surface area contributed by atoms with Gasteiger partial charge in [0.1, 0.15) is 12.2 Å². The maximum atomic E-state index is 13.4. The van der Waals surface area contributed by atoms with Crippen molar-refractivity contribution < 1.29 is 19.1 Å². The van der Waals surface area contributed by atoms with Crippen molar-refractivity contribution in [3.63, 3.8) is 0 Å². The van der Waals surface area contributed by atoms with Crippen LogP contribution in [-0.4, -0.2) is 36.7 Å². The average molecular weight is 635 g/mol. The van der Waals surface area contributed by atoms with Gasteiger partial charge in [0.05, 0.1) is 5.57 Å². The van der Waals surface area contributed by atoms with E-state index in [9.17, 15) is 19.6 Å². The maximum absolute atomic E-state index is 13.4. The first kappa shape index (κ1) is 36.6. The SMILES string of the molecule is CC(=O)/C=C1/[C@@]2(C)C=C(C#N)C(=O)C(C)(C)[C@@H]2CC[C@@]1(C)C(C)(C)CC[C@@]1(CCC(=O)OC2CCNCC2)CCC(C)(C)CC1C. The molecule has 6 heteroatoms. The van der Waals surface area contributed by atoms with E-state index < -0.39 is 10.8 Å². The lowest BCUT2D eigenvalue weighted by Crippen LogP contribution is -2.56. The number of rotatable bonds is 9. The molecule has 46 heavy (non-hydrogen) atoms. The van der Waals surface area contributed by atoms with Crippen LogP contribution in [0.3, 0.4) is 0 Å². The predicted molar refractivity (Wildman–Crippen MR) is 184 cm³/mol. The van der Waals surface area contributed by atoms with Crippen LogP contribution in [0.15, 0.2) is 23.3 Å². The van der Waals surface area contributed by atoms with Gasteiger partial charge in [-0.1, -0.05) is 74.0 Å². The Labute approximate surface area is 279 Å². The Bertz CT molecular complexity index is 1310. The largest absolute Gasteiger partial charge is 0.462 e. The average Bonchev–Trinajstić information content (AvgIpc) is 2.96. The highest BCUT2D eigenvalue weighted by Gasteiger charge is 2.61. The number of piperidine rings is 1. The molecule has 4 aliphatic rings. The lowest BCUT2D eigenvalue weighted by molar-refractivity contribution is -0.151. The number of nitrogens with zero attached hydrogens (tertiary/aromatic N) is 1. The summed E-state index contributed by atoms with van der Waals surface area (Å²) in [5.41, 5.74) is -0.124. The topological polar surface area (TPSA) is 96.3 Å². The lowest BCUT2D eigenvalue weighted by atomic mass is 9.42. The van der Waals surface area contributed by atoms with Crippen molar-refractivity contribution in [1.82, 2.24) is 5.32 Å². The van der Waals surface area contributed by atoms with E-state index in [4.69, 9.17) is 4.74 Å². The molecule has 2 saturated carbocycles. The summed E-state index contributed by atoms with van der Waals surface area (Å²) < 4.78 is 5.94. The molecule has 3 fully saturated rings. The smallest absolute Gasteiger partial charge is 0.306 e. The first-order valence-corrected chi connectivity index (χ1v) is 18.0. The molecule has 1 heterocycles. The molecule has 0 aromatic carbocycles. The molecule has 1 aliphatic heterocycles. The first-order valence-electron chi connectivity index (χ1n) is 18.0. The van der Waals surface area contributed by atoms with Crippen LogP contribution in [0.5, 0.6) is 0 Å². The van der Waals surface area contributed by atoms with Crippen LogP contribution in [0.1, 0.15) is 140 Å². The molecule has 1 unspecified atom stereocenters. The van der Waals surface area contributed by atoms with E-state index >= 15 is 0 Å². The second-order valence-corrected chi connectivity index (χ2v) is 18.1. The summed E-state index contributed by atoms with van der Waals surface area (Å²) >= 11 is 0. The van der Waals surface area contributed by atoms with Gasteiger partial charge in [0.15, 0.2) is 11.6 Å². The number of fused-ring (bicyclic) bond motifs is 1. The van der Waals surface area contributed by atoms with Crippen molar-refractivity contribution >= 4 is 17.5 Å². The van der Waals surface area contributed by atoms with Gasteiger partial charge < -0.3 is 10.1 Å². The molecule has 1 N–H and O–H groups in total. The van der Waals surface area contributed by atoms with Crippen LogP contribution in [0.4, 0.5) is 0 Å². The van der Waals surface area contributed by atoms with Gasteiger partial charge in [-0.25, -0.2) is 0 Å². The van der Waals surface area contributed by atoms with Crippen molar-refractivity contribution in [1.29, 1.82) is 5.26 Å². The summed E-state index contributed by atoms with van der Waals surface area (Å²) in [6.45, 7) is 23.7. The Hall–Kier alpha value is -2.26. The molecule has 4 rings (SSSR count).